The number of hydrogen-bond acceptors (Lipinski definition) is 7. The van der Waals surface area contributed by atoms with E-state index in [1.165, 1.54) is 23.2 Å². The van der Waals surface area contributed by atoms with Crippen molar-refractivity contribution >= 4 is 44.6 Å². The van der Waals surface area contributed by atoms with Crippen molar-refractivity contribution in [3.63, 3.8) is 0 Å². The van der Waals surface area contributed by atoms with Gasteiger partial charge in [0, 0.05) is 23.4 Å². The number of aromatic nitrogens is 2. The van der Waals surface area contributed by atoms with Gasteiger partial charge in [-0.1, -0.05) is 56.8 Å². The molecule has 10 heteroatoms. The fraction of sp³-hybridized carbons (Fsp3) is 0.343. The molecule has 1 fully saturated rings. The second-order valence-electron chi connectivity index (χ2n) is 11.7. The first-order valence-corrected chi connectivity index (χ1v) is 18.1. The van der Waals surface area contributed by atoms with Gasteiger partial charge in [-0.2, -0.15) is 0 Å². The highest BCUT2D eigenvalue weighted by atomic mass is 32.2. The fourth-order valence-corrected chi connectivity index (χ4v) is 7.45. The maximum absolute atomic E-state index is 14.3. The number of aliphatic imine (C=N–C) groups is 1. The average Bonchev–Trinajstić information content (AvgIpc) is 3.47. The van der Waals surface area contributed by atoms with Crippen molar-refractivity contribution in [3.05, 3.63) is 99.4 Å². The molecule has 5 rings (SSSR count). The third-order valence-corrected chi connectivity index (χ3v) is 10.7. The van der Waals surface area contributed by atoms with Crippen LogP contribution in [0.3, 0.4) is 0 Å². The molecule has 1 atom stereocenters. The molecule has 0 aliphatic carbocycles. The predicted molar refractivity (Wildman–Crippen MR) is 187 cm³/mol. The Labute approximate surface area is 269 Å². The quantitative estimate of drug-likeness (QED) is 0.142. The van der Waals surface area contributed by atoms with Crippen LogP contribution in [0, 0.1) is 12.8 Å². The summed E-state index contributed by atoms with van der Waals surface area (Å²) in [6.07, 6.45) is 5.96. The number of aryl methyl sites for hydroxylation is 1. The summed E-state index contributed by atoms with van der Waals surface area (Å²) in [4.78, 5) is 24.7. The van der Waals surface area contributed by atoms with Crippen LogP contribution >= 0.6 is 11.3 Å². The van der Waals surface area contributed by atoms with E-state index in [1.54, 1.807) is 40.4 Å². The molecule has 0 amide bonds. The van der Waals surface area contributed by atoms with Crippen molar-refractivity contribution < 1.29 is 8.42 Å². The summed E-state index contributed by atoms with van der Waals surface area (Å²) in [7, 11) is -3.54. The molecule has 4 aromatic rings. The van der Waals surface area contributed by atoms with Crippen LogP contribution in [0.5, 0.6) is 0 Å². The molecule has 8 nitrogen and oxygen atoms in total. The lowest BCUT2D eigenvalue weighted by atomic mass is 9.90. The first kappa shape index (κ1) is 32.5. The number of nitrogens with one attached hydrogen (secondary N) is 2. The molecule has 236 valence electrons. The molecule has 0 saturated carbocycles. The highest BCUT2D eigenvalue weighted by Gasteiger charge is 2.22. The zero-order chi connectivity index (χ0) is 32.1. The van der Waals surface area contributed by atoms with Gasteiger partial charge in [0.05, 0.1) is 33.1 Å². The summed E-state index contributed by atoms with van der Waals surface area (Å²) in [5.74, 6) is 1.73. The van der Waals surface area contributed by atoms with E-state index in [4.69, 9.17) is 4.99 Å². The summed E-state index contributed by atoms with van der Waals surface area (Å²) in [6.45, 7) is 12.2. The van der Waals surface area contributed by atoms with Gasteiger partial charge in [0.25, 0.3) is 5.56 Å². The molecule has 3 heterocycles. The summed E-state index contributed by atoms with van der Waals surface area (Å²) in [5.41, 5.74) is 6.11. The number of anilines is 1. The Morgan fingerprint density at radius 1 is 1.20 bits per heavy atom. The van der Waals surface area contributed by atoms with E-state index in [0.29, 0.717) is 34.3 Å². The first-order valence-electron chi connectivity index (χ1n) is 15.4. The van der Waals surface area contributed by atoms with Gasteiger partial charge in [0.1, 0.15) is 11.7 Å². The number of benzene rings is 2. The van der Waals surface area contributed by atoms with Crippen molar-refractivity contribution in [3.8, 4) is 10.4 Å². The van der Waals surface area contributed by atoms with Crippen LogP contribution in [0.1, 0.15) is 61.4 Å². The molecule has 1 aliphatic heterocycles. The number of sulfone groups is 1. The minimum absolute atomic E-state index is 0.0200. The van der Waals surface area contributed by atoms with E-state index in [9.17, 15) is 13.2 Å². The molecule has 45 heavy (non-hydrogen) atoms. The van der Waals surface area contributed by atoms with Crippen molar-refractivity contribution in [2.24, 2.45) is 10.9 Å². The highest BCUT2D eigenvalue weighted by Crippen LogP contribution is 2.32. The van der Waals surface area contributed by atoms with Gasteiger partial charge in [0.2, 0.25) is 0 Å². The van der Waals surface area contributed by atoms with E-state index < -0.39 is 9.84 Å². The molecule has 2 aromatic heterocycles. The molecule has 1 saturated heterocycles. The molecule has 0 radical (unpaired) electrons. The number of piperidine rings is 1. The molecule has 0 spiro atoms. The lowest BCUT2D eigenvalue weighted by Gasteiger charge is -2.23. The van der Waals surface area contributed by atoms with Crippen molar-refractivity contribution in [2.75, 3.05) is 24.7 Å². The lowest BCUT2D eigenvalue weighted by Crippen LogP contribution is -2.26. The van der Waals surface area contributed by atoms with Crippen molar-refractivity contribution in [2.45, 2.75) is 57.4 Å². The Morgan fingerprint density at radius 3 is 2.53 bits per heavy atom. The van der Waals surface area contributed by atoms with Crippen LogP contribution in [0.15, 0.2) is 81.4 Å². The SMILES string of the molecule is C=Cc1cc(-c2scnc2C)c(=O)n(Cc2ccccc2S(C)(=O)=O)c1N=C(Nc1ccc(C2CCNCC2)cc1)C(C)CC. The van der Waals surface area contributed by atoms with E-state index in [1.807, 2.05) is 13.0 Å². The third kappa shape index (κ3) is 7.35. The zero-order valence-corrected chi connectivity index (χ0v) is 28.0. The van der Waals surface area contributed by atoms with E-state index in [2.05, 4.69) is 60.3 Å². The second kappa shape index (κ2) is 14.1. The van der Waals surface area contributed by atoms with Crippen molar-refractivity contribution in [1.82, 2.24) is 14.9 Å². The number of rotatable bonds is 10. The van der Waals surface area contributed by atoms with Gasteiger partial charge in [0.15, 0.2) is 9.84 Å². The topological polar surface area (TPSA) is 105 Å². The average molecular weight is 644 g/mol. The number of hydrogen-bond donors (Lipinski definition) is 2. The first-order chi connectivity index (χ1) is 21.6. The smallest absolute Gasteiger partial charge is 0.261 e. The molecular formula is C35H41N5O3S2. The number of thiazole rings is 1. The minimum Gasteiger partial charge on any atom is -0.343 e. The predicted octanol–water partition coefficient (Wildman–Crippen LogP) is 7.03. The summed E-state index contributed by atoms with van der Waals surface area (Å²) in [6, 6.07) is 17.2. The summed E-state index contributed by atoms with van der Waals surface area (Å²) >= 11 is 1.39. The monoisotopic (exact) mass is 643 g/mol. The van der Waals surface area contributed by atoms with Crippen LogP contribution in [0.2, 0.25) is 0 Å². The Morgan fingerprint density at radius 2 is 1.91 bits per heavy atom. The van der Waals surface area contributed by atoms with Gasteiger partial charge in [-0.15, -0.1) is 11.3 Å². The van der Waals surface area contributed by atoms with E-state index in [-0.39, 0.29) is 22.9 Å². The van der Waals surface area contributed by atoms with Crippen LogP contribution < -0.4 is 16.2 Å². The Kier molecular flexibility index (Phi) is 10.2. The van der Waals surface area contributed by atoms with Crippen LogP contribution in [0.25, 0.3) is 16.5 Å². The Bertz CT molecular complexity index is 1870. The van der Waals surface area contributed by atoms with Crippen LogP contribution in [-0.2, 0) is 16.4 Å². The van der Waals surface area contributed by atoms with Crippen molar-refractivity contribution in [1.29, 1.82) is 0 Å². The molecule has 2 N–H and O–H groups in total. The van der Waals surface area contributed by atoms with Gasteiger partial charge >= 0.3 is 0 Å². The number of amidine groups is 1. The summed E-state index contributed by atoms with van der Waals surface area (Å²) in [5, 5.41) is 6.97. The molecule has 1 unspecified atom stereocenters. The maximum Gasteiger partial charge on any atom is 0.261 e. The van der Waals surface area contributed by atoms with Crippen LogP contribution in [-0.4, -0.2) is 43.1 Å². The number of pyridine rings is 1. The standard InChI is InChI=1S/C35H41N5O3S2/c1-6-23(3)33(38-29-14-12-26(13-15-29)27-16-18-36-19-17-27)39-34-25(7-2)20-30(32-24(4)37-22-44-32)35(41)40(34)21-28-10-8-9-11-31(28)45(5,42)43/h7-15,20,22-23,27,36H,2,6,16-19,21H2,1,3-5H3,(H,38,39). The lowest BCUT2D eigenvalue weighted by molar-refractivity contribution is 0.460. The second-order valence-corrected chi connectivity index (χ2v) is 14.5. The molecule has 1 aliphatic rings. The van der Waals surface area contributed by atoms with E-state index >= 15 is 0 Å². The summed E-state index contributed by atoms with van der Waals surface area (Å²) < 4.78 is 27.0. The molecule has 0 bridgehead atoms. The third-order valence-electron chi connectivity index (χ3n) is 8.50. The van der Waals surface area contributed by atoms with E-state index in [0.717, 1.165) is 48.6 Å². The van der Waals surface area contributed by atoms with Gasteiger partial charge in [-0.05, 0) is 80.6 Å². The Balaban J connectivity index is 1.65. The molecular weight excluding hydrogens is 603 g/mol. The highest BCUT2D eigenvalue weighted by molar-refractivity contribution is 7.90. The van der Waals surface area contributed by atoms with Gasteiger partial charge in [-0.3, -0.25) is 9.36 Å². The normalized spacial score (nSPS) is 15.2. The molecule has 2 aromatic carbocycles. The van der Waals surface area contributed by atoms with Crippen LogP contribution in [0.4, 0.5) is 11.5 Å². The minimum atomic E-state index is -3.54. The number of nitrogens with zero attached hydrogens (tertiary/aromatic N) is 3. The Hall–Kier alpha value is -3.86. The largest absolute Gasteiger partial charge is 0.343 e. The zero-order valence-electron chi connectivity index (χ0n) is 26.3. The van der Waals surface area contributed by atoms with Gasteiger partial charge < -0.3 is 10.6 Å². The maximum atomic E-state index is 14.3. The fourth-order valence-electron chi connectivity index (χ4n) is 5.70. The van der Waals surface area contributed by atoms with Gasteiger partial charge in [-0.25, -0.2) is 18.4 Å².